The first-order valence-corrected chi connectivity index (χ1v) is 6.04. The summed E-state index contributed by atoms with van der Waals surface area (Å²) in [6.45, 7) is 4.19. The Hall–Kier alpha value is -1.42. The summed E-state index contributed by atoms with van der Waals surface area (Å²) < 4.78 is 13.6. The summed E-state index contributed by atoms with van der Waals surface area (Å²) in [4.78, 5) is 7.72. The highest BCUT2D eigenvalue weighted by Crippen LogP contribution is 2.32. The lowest BCUT2D eigenvalue weighted by molar-refractivity contribution is 0.321. The average molecular weight is 233 g/mol. The van der Waals surface area contributed by atoms with Crippen LogP contribution in [0, 0.1) is 5.82 Å². The Balaban J connectivity index is 2.08. The first kappa shape index (κ1) is 10.7. The number of aromatic nitrogens is 2. The van der Waals surface area contributed by atoms with Gasteiger partial charge in [-0.15, -0.1) is 0 Å². The minimum atomic E-state index is -0.248. The van der Waals surface area contributed by atoms with Crippen LogP contribution in [0.2, 0.25) is 0 Å². The van der Waals surface area contributed by atoms with Gasteiger partial charge in [0.2, 0.25) is 0 Å². The summed E-state index contributed by atoms with van der Waals surface area (Å²) in [6, 6.07) is 5.04. The number of hydrogen-bond acceptors (Lipinski definition) is 2. The minimum Gasteiger partial charge on any atom is -0.341 e. The minimum absolute atomic E-state index is 0.0384. The molecule has 0 saturated carbocycles. The van der Waals surface area contributed by atoms with Crippen molar-refractivity contribution in [2.24, 2.45) is 0 Å². The third-order valence-corrected chi connectivity index (χ3v) is 3.74. The largest absolute Gasteiger partial charge is 0.341 e. The first-order chi connectivity index (χ1) is 8.19. The Bertz CT molecular complexity index is 541. The lowest BCUT2D eigenvalue weighted by Crippen LogP contribution is -2.38. The number of hydrogen-bond donors (Lipinski definition) is 2. The fraction of sp³-hybridized carbons (Fsp3) is 0.462. The van der Waals surface area contributed by atoms with Crippen LogP contribution >= 0.6 is 0 Å². The molecule has 0 radical (unpaired) electrons. The molecule has 0 spiro atoms. The van der Waals surface area contributed by atoms with E-state index in [9.17, 15) is 4.39 Å². The fourth-order valence-corrected chi connectivity index (χ4v) is 2.50. The molecule has 0 unspecified atom stereocenters. The summed E-state index contributed by atoms with van der Waals surface area (Å²) >= 11 is 0. The Morgan fingerprint density at radius 1 is 1.29 bits per heavy atom. The van der Waals surface area contributed by atoms with E-state index in [-0.39, 0.29) is 11.2 Å². The normalized spacial score (nSPS) is 19.6. The molecule has 2 heterocycles. The van der Waals surface area contributed by atoms with Crippen LogP contribution in [-0.2, 0) is 5.41 Å². The molecule has 90 valence electrons. The van der Waals surface area contributed by atoms with Crippen LogP contribution in [0.3, 0.4) is 0 Å². The third kappa shape index (κ3) is 1.72. The van der Waals surface area contributed by atoms with Gasteiger partial charge in [0.15, 0.2) is 5.82 Å². The van der Waals surface area contributed by atoms with Gasteiger partial charge in [-0.2, -0.15) is 0 Å². The molecule has 3 nitrogen and oxygen atoms in total. The van der Waals surface area contributed by atoms with Gasteiger partial charge in [-0.25, -0.2) is 9.37 Å². The van der Waals surface area contributed by atoms with E-state index >= 15 is 0 Å². The number of halogens is 1. The predicted molar refractivity (Wildman–Crippen MR) is 65.5 cm³/mol. The SMILES string of the molecule is CC1(c2nc3c(F)cccc3[nH]2)CCNCC1. The van der Waals surface area contributed by atoms with Crippen molar-refractivity contribution >= 4 is 11.0 Å². The van der Waals surface area contributed by atoms with E-state index in [0.29, 0.717) is 5.52 Å². The lowest BCUT2D eigenvalue weighted by atomic mass is 9.80. The van der Waals surface area contributed by atoms with Crippen molar-refractivity contribution in [1.82, 2.24) is 15.3 Å². The molecule has 0 amide bonds. The van der Waals surface area contributed by atoms with Crippen molar-refractivity contribution < 1.29 is 4.39 Å². The van der Waals surface area contributed by atoms with Crippen molar-refractivity contribution in [2.75, 3.05) is 13.1 Å². The quantitative estimate of drug-likeness (QED) is 0.793. The highest BCUT2D eigenvalue weighted by atomic mass is 19.1. The summed E-state index contributed by atoms with van der Waals surface area (Å²) in [5, 5.41) is 3.34. The second kappa shape index (κ2) is 3.81. The summed E-state index contributed by atoms with van der Waals surface area (Å²) in [5.41, 5.74) is 1.29. The second-order valence-corrected chi connectivity index (χ2v) is 5.03. The van der Waals surface area contributed by atoms with Crippen molar-refractivity contribution in [3.63, 3.8) is 0 Å². The topological polar surface area (TPSA) is 40.7 Å². The van der Waals surface area contributed by atoms with Gasteiger partial charge in [0.05, 0.1) is 5.52 Å². The van der Waals surface area contributed by atoms with E-state index in [1.54, 1.807) is 6.07 Å². The average Bonchev–Trinajstić information content (AvgIpc) is 2.76. The maximum Gasteiger partial charge on any atom is 0.151 e. The van der Waals surface area contributed by atoms with E-state index < -0.39 is 0 Å². The Morgan fingerprint density at radius 2 is 2.06 bits per heavy atom. The van der Waals surface area contributed by atoms with Crippen LogP contribution in [-0.4, -0.2) is 23.1 Å². The van der Waals surface area contributed by atoms with Gasteiger partial charge in [-0.05, 0) is 38.1 Å². The molecule has 17 heavy (non-hydrogen) atoms. The highest BCUT2D eigenvalue weighted by Gasteiger charge is 2.31. The van der Waals surface area contributed by atoms with E-state index in [1.807, 2.05) is 6.07 Å². The van der Waals surface area contributed by atoms with E-state index in [4.69, 9.17) is 0 Å². The van der Waals surface area contributed by atoms with Crippen LogP contribution in [0.15, 0.2) is 18.2 Å². The number of nitrogens with zero attached hydrogens (tertiary/aromatic N) is 1. The van der Waals surface area contributed by atoms with Gasteiger partial charge in [0.1, 0.15) is 11.3 Å². The monoisotopic (exact) mass is 233 g/mol. The molecule has 1 aliphatic heterocycles. The zero-order valence-electron chi connectivity index (χ0n) is 9.89. The molecule has 1 aromatic carbocycles. The molecule has 0 bridgehead atoms. The van der Waals surface area contributed by atoms with E-state index in [0.717, 1.165) is 37.3 Å². The number of imidazole rings is 1. The van der Waals surface area contributed by atoms with Crippen LogP contribution in [0.5, 0.6) is 0 Å². The van der Waals surface area contributed by atoms with Gasteiger partial charge in [0, 0.05) is 5.41 Å². The molecule has 1 aromatic heterocycles. The number of benzene rings is 1. The summed E-state index contributed by atoms with van der Waals surface area (Å²) in [6.07, 6.45) is 2.07. The van der Waals surface area contributed by atoms with Gasteiger partial charge in [-0.1, -0.05) is 13.0 Å². The summed E-state index contributed by atoms with van der Waals surface area (Å²) in [7, 11) is 0. The van der Waals surface area contributed by atoms with Gasteiger partial charge in [0.25, 0.3) is 0 Å². The zero-order chi connectivity index (χ0) is 11.9. The molecule has 3 rings (SSSR count). The molecule has 2 N–H and O–H groups in total. The molecule has 2 aromatic rings. The number of para-hydroxylation sites is 1. The van der Waals surface area contributed by atoms with Crippen molar-refractivity contribution in [1.29, 1.82) is 0 Å². The third-order valence-electron chi connectivity index (χ3n) is 3.74. The number of fused-ring (bicyclic) bond motifs is 1. The number of nitrogens with one attached hydrogen (secondary N) is 2. The zero-order valence-corrected chi connectivity index (χ0v) is 9.89. The molecule has 1 aliphatic rings. The fourth-order valence-electron chi connectivity index (χ4n) is 2.50. The molecule has 1 saturated heterocycles. The number of rotatable bonds is 1. The van der Waals surface area contributed by atoms with Gasteiger partial charge < -0.3 is 10.3 Å². The number of H-pyrrole nitrogens is 1. The van der Waals surface area contributed by atoms with Crippen LogP contribution in [0.25, 0.3) is 11.0 Å². The summed E-state index contributed by atoms with van der Waals surface area (Å²) in [5.74, 6) is 0.668. The maximum atomic E-state index is 13.6. The van der Waals surface area contributed by atoms with Crippen LogP contribution < -0.4 is 5.32 Å². The van der Waals surface area contributed by atoms with Crippen LogP contribution in [0.4, 0.5) is 4.39 Å². The Morgan fingerprint density at radius 3 is 2.76 bits per heavy atom. The standard InChI is InChI=1S/C13H16FN3/c1-13(5-7-15-8-6-13)12-16-10-4-2-3-9(14)11(10)17-12/h2-4,15H,5-8H2,1H3,(H,16,17). The molecule has 1 fully saturated rings. The van der Waals surface area contributed by atoms with E-state index in [1.165, 1.54) is 6.07 Å². The van der Waals surface area contributed by atoms with Gasteiger partial charge >= 0.3 is 0 Å². The lowest BCUT2D eigenvalue weighted by Gasteiger charge is -2.32. The van der Waals surface area contributed by atoms with Crippen LogP contribution in [0.1, 0.15) is 25.6 Å². The Kier molecular flexibility index (Phi) is 2.40. The second-order valence-electron chi connectivity index (χ2n) is 5.03. The van der Waals surface area contributed by atoms with E-state index in [2.05, 4.69) is 22.2 Å². The van der Waals surface area contributed by atoms with Gasteiger partial charge in [-0.3, -0.25) is 0 Å². The van der Waals surface area contributed by atoms with Crippen molar-refractivity contribution in [3.8, 4) is 0 Å². The highest BCUT2D eigenvalue weighted by molar-refractivity contribution is 5.75. The Labute approximate surface area is 99.4 Å². The molecule has 0 aliphatic carbocycles. The molecule has 0 atom stereocenters. The van der Waals surface area contributed by atoms with Crippen molar-refractivity contribution in [3.05, 3.63) is 29.8 Å². The predicted octanol–water partition coefficient (Wildman–Crippen LogP) is 2.34. The number of aromatic amines is 1. The van der Waals surface area contributed by atoms with Crippen molar-refractivity contribution in [2.45, 2.75) is 25.2 Å². The number of piperidine rings is 1. The molecular formula is C13H16FN3. The molecule has 4 heteroatoms. The maximum absolute atomic E-state index is 13.6. The molecular weight excluding hydrogens is 217 g/mol. The smallest absolute Gasteiger partial charge is 0.151 e. The first-order valence-electron chi connectivity index (χ1n) is 6.04.